The molecule has 128 valence electrons. The predicted octanol–water partition coefficient (Wildman–Crippen LogP) is 3.21. The molecule has 0 aliphatic carbocycles. The largest absolute Gasteiger partial charge is 0.480 e. The van der Waals surface area contributed by atoms with Crippen LogP contribution in [0.2, 0.25) is 0 Å². The summed E-state index contributed by atoms with van der Waals surface area (Å²) in [7, 11) is 0. The maximum absolute atomic E-state index is 12.1. The molecule has 2 amide bonds. The molecule has 0 unspecified atom stereocenters. The second-order valence-electron chi connectivity index (χ2n) is 5.40. The Morgan fingerprint density at radius 1 is 1.00 bits per heavy atom. The average Bonchev–Trinajstić information content (AvgIpc) is 2.89. The second kappa shape index (κ2) is 7.72. The van der Waals surface area contributed by atoms with E-state index in [4.69, 9.17) is 5.11 Å². The Kier molecular flexibility index (Phi) is 5.20. The minimum Gasteiger partial charge on any atom is -0.480 e. The third-order valence-electron chi connectivity index (χ3n) is 3.50. The highest BCUT2D eigenvalue weighted by molar-refractivity contribution is 8.18. The van der Waals surface area contributed by atoms with Crippen molar-refractivity contribution in [3.63, 3.8) is 0 Å². The normalized spacial score (nSPS) is 15.1. The van der Waals surface area contributed by atoms with Gasteiger partial charge in [-0.25, -0.2) is 0 Å². The van der Waals surface area contributed by atoms with Gasteiger partial charge in [-0.1, -0.05) is 42.2 Å². The Morgan fingerprint density at radius 2 is 1.62 bits per heavy atom. The van der Waals surface area contributed by atoms with Crippen LogP contribution in [0.3, 0.4) is 0 Å². The lowest BCUT2D eigenvalue weighted by atomic mass is 10.1. The van der Waals surface area contributed by atoms with Gasteiger partial charge in [-0.05, 0) is 47.7 Å². The lowest BCUT2D eigenvalue weighted by Crippen LogP contribution is -2.33. The Balaban J connectivity index is 1.74. The number of rotatable bonds is 3. The fourth-order valence-corrected chi connectivity index (χ4v) is 3.09. The fourth-order valence-electron chi connectivity index (χ4n) is 2.25. The van der Waals surface area contributed by atoms with E-state index in [-0.39, 0.29) is 4.91 Å². The third-order valence-corrected chi connectivity index (χ3v) is 4.41. The van der Waals surface area contributed by atoms with Crippen molar-refractivity contribution in [3.8, 4) is 11.8 Å². The van der Waals surface area contributed by atoms with Crippen molar-refractivity contribution in [2.45, 2.75) is 0 Å². The third kappa shape index (κ3) is 4.21. The Morgan fingerprint density at radius 3 is 2.23 bits per heavy atom. The standard InChI is InChI=1S/C20H13NO4S/c22-18(23)13-21-19(24)17(26-20(21)25)12-16-10-8-15(9-11-16)7-6-14-4-2-1-3-5-14/h1-5,8-12H,13H2,(H,22,23)/b17-12-. The minimum atomic E-state index is -1.23. The SMILES string of the molecule is O=C(O)CN1C(=O)S/C(=C\c2ccc(C#Cc3ccccc3)cc2)C1=O. The number of carbonyl (C=O) groups is 3. The molecule has 3 rings (SSSR count). The number of imide groups is 1. The van der Waals surface area contributed by atoms with Gasteiger partial charge in [0.1, 0.15) is 6.54 Å². The van der Waals surface area contributed by atoms with Crippen LogP contribution in [0, 0.1) is 11.8 Å². The van der Waals surface area contributed by atoms with Crippen molar-refractivity contribution < 1.29 is 19.5 Å². The van der Waals surface area contributed by atoms with E-state index in [9.17, 15) is 14.4 Å². The maximum Gasteiger partial charge on any atom is 0.323 e. The molecule has 5 nitrogen and oxygen atoms in total. The van der Waals surface area contributed by atoms with E-state index in [1.54, 1.807) is 18.2 Å². The van der Waals surface area contributed by atoms with Crippen LogP contribution >= 0.6 is 11.8 Å². The molecular formula is C20H13NO4S. The smallest absolute Gasteiger partial charge is 0.323 e. The van der Waals surface area contributed by atoms with Gasteiger partial charge in [0.25, 0.3) is 11.1 Å². The summed E-state index contributed by atoms with van der Waals surface area (Å²) in [6.07, 6.45) is 1.57. The van der Waals surface area contributed by atoms with Crippen molar-refractivity contribution in [2.24, 2.45) is 0 Å². The lowest BCUT2D eigenvalue weighted by molar-refractivity contribution is -0.140. The summed E-state index contributed by atoms with van der Waals surface area (Å²) in [5.41, 5.74) is 2.48. The number of hydrogen-bond acceptors (Lipinski definition) is 4. The Labute approximate surface area is 154 Å². The highest BCUT2D eigenvalue weighted by Gasteiger charge is 2.36. The topological polar surface area (TPSA) is 74.7 Å². The number of aliphatic carboxylic acids is 1. The van der Waals surface area contributed by atoms with E-state index in [1.807, 2.05) is 42.5 Å². The van der Waals surface area contributed by atoms with Crippen LogP contribution in [0.15, 0.2) is 59.5 Å². The van der Waals surface area contributed by atoms with Gasteiger partial charge in [-0.2, -0.15) is 0 Å². The summed E-state index contributed by atoms with van der Waals surface area (Å²) in [6.45, 7) is -0.629. The van der Waals surface area contributed by atoms with Crippen LogP contribution in [0.1, 0.15) is 16.7 Å². The number of carbonyl (C=O) groups excluding carboxylic acids is 2. The number of carboxylic acid groups (broad SMARTS) is 1. The number of thioether (sulfide) groups is 1. The van der Waals surface area contributed by atoms with Crippen LogP contribution in [-0.2, 0) is 9.59 Å². The Bertz CT molecular complexity index is 953. The fraction of sp³-hybridized carbons (Fsp3) is 0.0500. The molecule has 0 radical (unpaired) electrons. The summed E-state index contributed by atoms with van der Waals surface area (Å²) >= 11 is 0.738. The second-order valence-corrected chi connectivity index (χ2v) is 6.39. The van der Waals surface area contributed by atoms with Crippen molar-refractivity contribution >= 4 is 35.0 Å². The zero-order valence-corrected chi connectivity index (χ0v) is 14.3. The summed E-state index contributed by atoms with van der Waals surface area (Å²) in [6, 6.07) is 16.9. The zero-order valence-electron chi connectivity index (χ0n) is 13.5. The van der Waals surface area contributed by atoms with Gasteiger partial charge in [0, 0.05) is 11.1 Å². The van der Waals surface area contributed by atoms with Gasteiger partial charge in [-0.15, -0.1) is 0 Å². The van der Waals surface area contributed by atoms with Crippen LogP contribution in [0.5, 0.6) is 0 Å². The van der Waals surface area contributed by atoms with Crippen LogP contribution in [0.25, 0.3) is 6.08 Å². The molecule has 2 aromatic rings. The van der Waals surface area contributed by atoms with E-state index >= 15 is 0 Å². The molecule has 0 saturated carbocycles. The molecule has 1 saturated heterocycles. The van der Waals surface area contributed by atoms with Crippen LogP contribution < -0.4 is 0 Å². The molecule has 0 atom stereocenters. The zero-order chi connectivity index (χ0) is 18.5. The molecule has 2 aromatic carbocycles. The molecule has 1 heterocycles. The van der Waals surface area contributed by atoms with E-state index in [0.29, 0.717) is 0 Å². The van der Waals surface area contributed by atoms with E-state index in [2.05, 4.69) is 11.8 Å². The molecule has 26 heavy (non-hydrogen) atoms. The minimum absolute atomic E-state index is 0.208. The molecule has 0 bridgehead atoms. The van der Waals surface area contributed by atoms with Crippen LogP contribution in [0.4, 0.5) is 4.79 Å². The van der Waals surface area contributed by atoms with Crippen molar-refractivity contribution in [1.82, 2.24) is 4.90 Å². The summed E-state index contributed by atoms with van der Waals surface area (Å²) < 4.78 is 0. The van der Waals surface area contributed by atoms with Crippen molar-refractivity contribution in [1.29, 1.82) is 0 Å². The molecule has 0 spiro atoms. The number of hydrogen-bond donors (Lipinski definition) is 1. The monoisotopic (exact) mass is 363 g/mol. The van der Waals surface area contributed by atoms with Gasteiger partial charge < -0.3 is 5.11 Å². The summed E-state index contributed by atoms with van der Waals surface area (Å²) in [5.74, 6) is 4.30. The van der Waals surface area contributed by atoms with Gasteiger partial charge in [-0.3, -0.25) is 19.3 Å². The first-order valence-corrected chi connectivity index (χ1v) is 8.49. The highest BCUT2D eigenvalue weighted by atomic mass is 32.2. The molecule has 6 heteroatoms. The quantitative estimate of drug-likeness (QED) is 0.669. The number of amides is 2. The number of carboxylic acids is 1. The number of benzene rings is 2. The Hall–Kier alpha value is -3.30. The van der Waals surface area contributed by atoms with Gasteiger partial charge in [0.2, 0.25) is 0 Å². The van der Waals surface area contributed by atoms with Crippen LogP contribution in [-0.4, -0.2) is 33.7 Å². The van der Waals surface area contributed by atoms with Crippen molar-refractivity contribution in [3.05, 3.63) is 76.2 Å². The number of nitrogens with zero attached hydrogens (tertiary/aromatic N) is 1. The highest BCUT2D eigenvalue weighted by Crippen LogP contribution is 2.31. The first-order valence-electron chi connectivity index (χ1n) is 7.67. The molecule has 1 aliphatic rings. The van der Waals surface area contributed by atoms with Gasteiger partial charge in [0.05, 0.1) is 4.91 Å². The first-order chi connectivity index (χ1) is 12.5. The van der Waals surface area contributed by atoms with Gasteiger partial charge in [0.15, 0.2) is 0 Å². The maximum atomic E-state index is 12.1. The molecule has 1 aliphatic heterocycles. The lowest BCUT2D eigenvalue weighted by Gasteiger charge is -2.07. The first kappa shape index (κ1) is 17.5. The van der Waals surface area contributed by atoms with E-state index in [0.717, 1.165) is 33.4 Å². The summed E-state index contributed by atoms with van der Waals surface area (Å²) in [5, 5.41) is 8.19. The molecule has 0 aromatic heterocycles. The summed E-state index contributed by atoms with van der Waals surface area (Å²) in [4.78, 5) is 35.5. The molecule has 1 N–H and O–H groups in total. The average molecular weight is 363 g/mol. The van der Waals surface area contributed by atoms with E-state index in [1.165, 1.54) is 0 Å². The van der Waals surface area contributed by atoms with Crippen molar-refractivity contribution in [2.75, 3.05) is 6.54 Å². The molecule has 1 fully saturated rings. The van der Waals surface area contributed by atoms with Gasteiger partial charge >= 0.3 is 5.97 Å². The molecular weight excluding hydrogens is 350 g/mol. The predicted molar refractivity (Wildman–Crippen MR) is 99.2 cm³/mol. The van der Waals surface area contributed by atoms with E-state index < -0.39 is 23.7 Å².